The molecule has 0 fully saturated rings. The van der Waals surface area contributed by atoms with Crippen molar-refractivity contribution in [3.8, 4) is 11.5 Å². The second-order valence-electron chi connectivity index (χ2n) is 6.09. The molecule has 2 aromatic rings. The first-order chi connectivity index (χ1) is 11.6. The third-order valence-corrected chi connectivity index (χ3v) is 2.78. The van der Waals surface area contributed by atoms with Crippen LogP contribution in [-0.4, -0.2) is 21.6 Å². The number of benzene rings is 1. The molecule has 3 N–H and O–H groups in total. The van der Waals surface area contributed by atoms with Gasteiger partial charge in [0.25, 0.3) is 0 Å². The summed E-state index contributed by atoms with van der Waals surface area (Å²) in [7, 11) is 0. The molecule has 1 aromatic carbocycles. The predicted octanol–water partition coefficient (Wildman–Crippen LogP) is 3.71. The SMILES string of the molecule is CC(C)(C)OC(=O)Nc1ccc(Oc2cnc([N+](=O)[O-])c(N)c2)cc1. The van der Waals surface area contributed by atoms with Crippen molar-refractivity contribution in [3.63, 3.8) is 0 Å². The van der Waals surface area contributed by atoms with E-state index in [9.17, 15) is 14.9 Å². The van der Waals surface area contributed by atoms with Gasteiger partial charge >= 0.3 is 11.9 Å². The van der Waals surface area contributed by atoms with Crippen LogP contribution in [0.5, 0.6) is 11.5 Å². The van der Waals surface area contributed by atoms with E-state index in [-0.39, 0.29) is 11.4 Å². The lowest BCUT2D eigenvalue weighted by atomic mass is 10.2. The molecule has 0 unspecified atom stereocenters. The first kappa shape index (κ1) is 18.0. The van der Waals surface area contributed by atoms with Crippen molar-refractivity contribution in [1.82, 2.24) is 4.98 Å². The zero-order valence-electron chi connectivity index (χ0n) is 14.0. The maximum Gasteiger partial charge on any atom is 0.412 e. The summed E-state index contributed by atoms with van der Waals surface area (Å²) in [6.07, 6.45) is 0.648. The summed E-state index contributed by atoms with van der Waals surface area (Å²) in [6, 6.07) is 7.80. The number of pyridine rings is 1. The first-order valence-corrected chi connectivity index (χ1v) is 7.32. The van der Waals surface area contributed by atoms with Gasteiger partial charge in [-0.25, -0.2) is 4.79 Å². The number of nitro groups is 1. The van der Waals surface area contributed by atoms with E-state index < -0.39 is 22.4 Å². The zero-order chi connectivity index (χ0) is 18.6. The molecule has 0 aliphatic carbocycles. The molecule has 9 nitrogen and oxygen atoms in total. The summed E-state index contributed by atoms with van der Waals surface area (Å²) < 4.78 is 10.7. The number of amides is 1. The number of hydrogen-bond acceptors (Lipinski definition) is 7. The fourth-order valence-electron chi connectivity index (χ4n) is 1.83. The molecule has 9 heteroatoms. The smallest absolute Gasteiger partial charge is 0.412 e. The summed E-state index contributed by atoms with van der Waals surface area (Å²) >= 11 is 0. The topological polar surface area (TPSA) is 130 Å². The van der Waals surface area contributed by atoms with Gasteiger partial charge < -0.3 is 25.3 Å². The van der Waals surface area contributed by atoms with Gasteiger partial charge in [-0.1, -0.05) is 0 Å². The number of hydrogen-bond donors (Lipinski definition) is 2. The number of ether oxygens (including phenoxy) is 2. The molecule has 0 saturated carbocycles. The maximum absolute atomic E-state index is 11.7. The molecule has 1 heterocycles. The minimum atomic E-state index is -0.670. The molecule has 0 bridgehead atoms. The van der Waals surface area contributed by atoms with Gasteiger partial charge in [-0.2, -0.15) is 0 Å². The van der Waals surface area contributed by atoms with Crippen LogP contribution in [0.3, 0.4) is 0 Å². The number of aromatic nitrogens is 1. The van der Waals surface area contributed by atoms with Crippen molar-refractivity contribution < 1.29 is 19.2 Å². The molecule has 0 saturated heterocycles. The Kier molecular flexibility index (Phi) is 5.06. The largest absolute Gasteiger partial charge is 0.453 e. The fourth-order valence-corrected chi connectivity index (χ4v) is 1.83. The number of nitrogens with one attached hydrogen (secondary N) is 1. The third kappa shape index (κ3) is 5.34. The van der Waals surface area contributed by atoms with Crippen molar-refractivity contribution in [2.45, 2.75) is 26.4 Å². The molecule has 0 aliphatic rings. The molecule has 25 heavy (non-hydrogen) atoms. The Bertz CT molecular complexity index is 784. The van der Waals surface area contributed by atoms with Gasteiger partial charge in [0.05, 0.1) is 0 Å². The van der Waals surface area contributed by atoms with E-state index in [4.69, 9.17) is 15.2 Å². The monoisotopic (exact) mass is 346 g/mol. The molecule has 0 atom stereocenters. The Morgan fingerprint density at radius 3 is 2.40 bits per heavy atom. The summed E-state index contributed by atoms with van der Waals surface area (Å²) in [5.41, 5.74) is 5.41. The molecule has 0 spiro atoms. The average molecular weight is 346 g/mol. The van der Waals surface area contributed by atoms with Gasteiger partial charge in [-0.15, -0.1) is 0 Å². The number of nitrogens with zero attached hydrogens (tertiary/aromatic N) is 2. The highest BCUT2D eigenvalue weighted by Gasteiger charge is 2.16. The number of anilines is 2. The Labute approximate surface area is 143 Å². The lowest BCUT2D eigenvalue weighted by Gasteiger charge is -2.19. The summed E-state index contributed by atoms with van der Waals surface area (Å²) in [5, 5.41) is 13.3. The van der Waals surface area contributed by atoms with Crippen molar-refractivity contribution in [1.29, 1.82) is 0 Å². The molecular weight excluding hydrogens is 328 g/mol. The number of carbonyl (C=O) groups excluding carboxylic acids is 1. The molecule has 0 aliphatic heterocycles. The lowest BCUT2D eigenvalue weighted by molar-refractivity contribution is -0.388. The van der Waals surface area contributed by atoms with Gasteiger partial charge in [0, 0.05) is 11.8 Å². The van der Waals surface area contributed by atoms with Crippen LogP contribution < -0.4 is 15.8 Å². The van der Waals surface area contributed by atoms with Crippen LogP contribution in [-0.2, 0) is 4.74 Å². The molecular formula is C16H18N4O5. The van der Waals surface area contributed by atoms with Crippen LogP contribution in [0.15, 0.2) is 36.5 Å². The fraction of sp³-hybridized carbons (Fsp3) is 0.250. The van der Waals surface area contributed by atoms with Crippen molar-refractivity contribution >= 4 is 23.3 Å². The predicted molar refractivity (Wildman–Crippen MR) is 91.7 cm³/mol. The molecule has 1 aromatic heterocycles. The van der Waals surface area contributed by atoms with E-state index >= 15 is 0 Å². The highest BCUT2D eigenvalue weighted by atomic mass is 16.6. The highest BCUT2D eigenvalue weighted by Crippen LogP contribution is 2.27. The normalized spacial score (nSPS) is 10.8. The number of nitrogen functional groups attached to an aromatic ring is 1. The standard InChI is InChI=1S/C16H18N4O5/c1-16(2,3)25-15(21)19-10-4-6-11(7-5-10)24-12-8-13(17)14(18-9-12)20(22)23/h4-9H,17H2,1-3H3,(H,19,21). The van der Waals surface area contributed by atoms with E-state index in [1.165, 1.54) is 12.3 Å². The Morgan fingerprint density at radius 2 is 1.88 bits per heavy atom. The van der Waals surface area contributed by atoms with Crippen LogP contribution in [0.25, 0.3) is 0 Å². The van der Waals surface area contributed by atoms with E-state index in [1.54, 1.807) is 45.0 Å². The summed E-state index contributed by atoms with van der Waals surface area (Å²) in [6.45, 7) is 5.31. The van der Waals surface area contributed by atoms with Gasteiger partial charge in [-0.3, -0.25) is 5.32 Å². The Balaban J connectivity index is 2.02. The van der Waals surface area contributed by atoms with Crippen LogP contribution >= 0.6 is 0 Å². The van der Waals surface area contributed by atoms with E-state index in [1.807, 2.05) is 0 Å². The zero-order valence-corrected chi connectivity index (χ0v) is 14.0. The minimum absolute atomic E-state index is 0.0919. The maximum atomic E-state index is 11.7. The average Bonchev–Trinajstić information content (AvgIpc) is 2.47. The van der Waals surface area contributed by atoms with Crippen molar-refractivity contribution in [2.75, 3.05) is 11.1 Å². The van der Waals surface area contributed by atoms with E-state index in [0.717, 1.165) is 0 Å². The first-order valence-electron chi connectivity index (χ1n) is 7.32. The van der Waals surface area contributed by atoms with Crippen LogP contribution in [0.2, 0.25) is 0 Å². The van der Waals surface area contributed by atoms with Crippen molar-refractivity contribution in [2.24, 2.45) is 0 Å². The highest BCUT2D eigenvalue weighted by molar-refractivity contribution is 5.84. The number of nitrogens with two attached hydrogens (primary N) is 1. The van der Waals surface area contributed by atoms with Crippen LogP contribution in [0, 0.1) is 10.1 Å². The van der Waals surface area contributed by atoms with Gasteiger partial charge in [0.15, 0.2) is 11.9 Å². The number of rotatable bonds is 4. The number of carbonyl (C=O) groups is 1. The van der Waals surface area contributed by atoms with Gasteiger partial charge in [0.2, 0.25) is 0 Å². The summed E-state index contributed by atoms with van der Waals surface area (Å²) in [4.78, 5) is 25.3. The second-order valence-corrected chi connectivity index (χ2v) is 6.09. The molecule has 0 radical (unpaired) electrons. The Morgan fingerprint density at radius 1 is 1.24 bits per heavy atom. The minimum Gasteiger partial charge on any atom is -0.453 e. The van der Waals surface area contributed by atoms with Gasteiger partial charge in [-0.05, 0) is 54.9 Å². The quantitative estimate of drug-likeness (QED) is 0.637. The van der Waals surface area contributed by atoms with Crippen LogP contribution in [0.4, 0.5) is 22.0 Å². The van der Waals surface area contributed by atoms with Gasteiger partial charge in [0.1, 0.15) is 17.0 Å². The molecule has 132 valence electrons. The van der Waals surface area contributed by atoms with Crippen molar-refractivity contribution in [3.05, 3.63) is 46.6 Å². The van der Waals surface area contributed by atoms with E-state index in [0.29, 0.717) is 11.4 Å². The van der Waals surface area contributed by atoms with E-state index in [2.05, 4.69) is 10.3 Å². The third-order valence-electron chi connectivity index (χ3n) is 2.78. The Hall–Kier alpha value is -3.36. The van der Waals surface area contributed by atoms with Crippen LogP contribution in [0.1, 0.15) is 20.8 Å². The molecule has 1 amide bonds. The second kappa shape index (κ2) is 7.04. The molecule has 2 rings (SSSR count). The summed E-state index contributed by atoms with van der Waals surface area (Å²) in [5.74, 6) is 0.282. The lowest BCUT2D eigenvalue weighted by Crippen LogP contribution is -2.27.